The molecule has 1 rings (SSSR count). The van der Waals surface area contributed by atoms with Crippen LogP contribution < -0.4 is 0 Å². The molecular weight excluding hydrogens is 174 g/mol. The normalized spacial score (nSPS) is 9.83. The topological polar surface area (TPSA) is 39.2 Å². The van der Waals surface area contributed by atoms with Crippen LogP contribution in [0.1, 0.15) is 17.5 Å². The standard InChI is InChI=1S/C8H11NO2S/c1-6-8(9-5-12-6)3-4-11-7(2)10/h5H,3-4H2,1-2H3. The molecule has 66 valence electrons. The summed E-state index contributed by atoms with van der Waals surface area (Å²) in [7, 11) is 0. The molecule has 3 nitrogen and oxygen atoms in total. The molecule has 1 aromatic heterocycles. The highest BCUT2D eigenvalue weighted by molar-refractivity contribution is 7.09. The van der Waals surface area contributed by atoms with E-state index in [0.717, 1.165) is 12.1 Å². The number of ether oxygens (including phenoxy) is 1. The highest BCUT2D eigenvalue weighted by Gasteiger charge is 2.01. The van der Waals surface area contributed by atoms with Crippen molar-refractivity contribution in [1.29, 1.82) is 0 Å². The Morgan fingerprint density at radius 1 is 1.75 bits per heavy atom. The van der Waals surface area contributed by atoms with Crippen LogP contribution in [0.25, 0.3) is 0 Å². The van der Waals surface area contributed by atoms with Crippen molar-refractivity contribution >= 4 is 17.3 Å². The monoisotopic (exact) mass is 185 g/mol. The maximum absolute atomic E-state index is 10.4. The lowest BCUT2D eigenvalue weighted by atomic mass is 10.3. The first-order valence-corrected chi connectivity index (χ1v) is 4.60. The predicted molar refractivity (Wildman–Crippen MR) is 47.2 cm³/mol. The van der Waals surface area contributed by atoms with Gasteiger partial charge in [0, 0.05) is 18.2 Å². The van der Waals surface area contributed by atoms with Gasteiger partial charge in [-0.05, 0) is 6.92 Å². The molecule has 0 unspecified atom stereocenters. The molecule has 4 heteroatoms. The molecule has 0 N–H and O–H groups in total. The first kappa shape index (κ1) is 9.19. The minimum atomic E-state index is -0.233. The van der Waals surface area contributed by atoms with Crippen LogP contribution in [-0.2, 0) is 16.0 Å². The number of carbonyl (C=O) groups excluding carboxylic acids is 1. The zero-order chi connectivity index (χ0) is 8.97. The third kappa shape index (κ3) is 2.62. The molecule has 0 aliphatic carbocycles. The number of thiazole rings is 1. The molecule has 0 aliphatic heterocycles. The molecule has 0 aromatic carbocycles. The highest BCUT2D eigenvalue weighted by Crippen LogP contribution is 2.11. The number of rotatable bonds is 3. The van der Waals surface area contributed by atoms with Crippen LogP contribution >= 0.6 is 11.3 Å². The van der Waals surface area contributed by atoms with Gasteiger partial charge in [-0.3, -0.25) is 4.79 Å². The summed E-state index contributed by atoms with van der Waals surface area (Å²) < 4.78 is 4.80. The second-order valence-electron chi connectivity index (χ2n) is 2.45. The van der Waals surface area contributed by atoms with Crippen molar-refractivity contribution in [1.82, 2.24) is 4.98 Å². The molecule has 0 atom stereocenters. The van der Waals surface area contributed by atoms with Crippen LogP contribution in [0.5, 0.6) is 0 Å². The van der Waals surface area contributed by atoms with Crippen molar-refractivity contribution < 1.29 is 9.53 Å². The predicted octanol–water partition coefficient (Wildman–Crippen LogP) is 1.56. The van der Waals surface area contributed by atoms with Crippen LogP contribution in [0.2, 0.25) is 0 Å². The Hall–Kier alpha value is -0.900. The van der Waals surface area contributed by atoms with E-state index in [1.54, 1.807) is 16.8 Å². The smallest absolute Gasteiger partial charge is 0.302 e. The number of hydrogen-bond donors (Lipinski definition) is 0. The third-order valence-electron chi connectivity index (χ3n) is 1.49. The molecule has 0 spiro atoms. The van der Waals surface area contributed by atoms with Crippen molar-refractivity contribution in [2.45, 2.75) is 20.3 Å². The summed E-state index contributed by atoms with van der Waals surface area (Å²) >= 11 is 1.61. The summed E-state index contributed by atoms with van der Waals surface area (Å²) in [6.45, 7) is 3.86. The van der Waals surface area contributed by atoms with Crippen molar-refractivity contribution in [2.24, 2.45) is 0 Å². The van der Waals surface area contributed by atoms with Gasteiger partial charge in [0.05, 0.1) is 17.8 Å². The van der Waals surface area contributed by atoms with Crippen LogP contribution in [0, 0.1) is 6.92 Å². The Labute approximate surface area is 75.4 Å². The highest BCUT2D eigenvalue weighted by atomic mass is 32.1. The molecule has 0 saturated carbocycles. The van der Waals surface area contributed by atoms with Gasteiger partial charge >= 0.3 is 5.97 Å². The fraction of sp³-hybridized carbons (Fsp3) is 0.500. The van der Waals surface area contributed by atoms with E-state index < -0.39 is 0 Å². The Bertz CT molecular complexity index is 270. The molecule has 12 heavy (non-hydrogen) atoms. The van der Waals surface area contributed by atoms with Gasteiger partial charge in [0.2, 0.25) is 0 Å². The molecule has 0 fully saturated rings. The van der Waals surface area contributed by atoms with E-state index in [0.29, 0.717) is 6.61 Å². The fourth-order valence-electron chi connectivity index (χ4n) is 0.860. The van der Waals surface area contributed by atoms with Crippen LogP contribution in [0.3, 0.4) is 0 Å². The van der Waals surface area contributed by atoms with E-state index in [2.05, 4.69) is 4.98 Å². The van der Waals surface area contributed by atoms with Crippen molar-refractivity contribution in [2.75, 3.05) is 6.61 Å². The summed E-state index contributed by atoms with van der Waals surface area (Å²) in [6.07, 6.45) is 0.717. The van der Waals surface area contributed by atoms with Gasteiger partial charge < -0.3 is 4.74 Å². The summed E-state index contributed by atoms with van der Waals surface area (Å²) in [5.74, 6) is -0.233. The SMILES string of the molecule is CC(=O)OCCc1ncsc1C. The average Bonchev–Trinajstić information content (AvgIpc) is 2.36. The molecule has 1 aromatic rings. The number of aromatic nitrogens is 1. The van der Waals surface area contributed by atoms with Gasteiger partial charge in [0.15, 0.2) is 0 Å². The van der Waals surface area contributed by atoms with E-state index in [9.17, 15) is 4.79 Å². The lowest BCUT2D eigenvalue weighted by molar-refractivity contribution is -0.140. The lowest BCUT2D eigenvalue weighted by Crippen LogP contribution is -2.03. The number of nitrogens with zero attached hydrogens (tertiary/aromatic N) is 1. The summed E-state index contributed by atoms with van der Waals surface area (Å²) in [5, 5.41) is 0. The zero-order valence-electron chi connectivity index (χ0n) is 7.16. The molecule has 0 saturated heterocycles. The molecular formula is C8H11NO2S. The van der Waals surface area contributed by atoms with Crippen LogP contribution in [-0.4, -0.2) is 17.6 Å². The van der Waals surface area contributed by atoms with Crippen LogP contribution in [0.15, 0.2) is 5.51 Å². The second-order valence-corrected chi connectivity index (χ2v) is 3.50. The van der Waals surface area contributed by atoms with E-state index in [1.165, 1.54) is 11.8 Å². The Morgan fingerprint density at radius 3 is 3.00 bits per heavy atom. The number of esters is 1. The van der Waals surface area contributed by atoms with Gasteiger partial charge in [0.25, 0.3) is 0 Å². The average molecular weight is 185 g/mol. The van der Waals surface area contributed by atoms with Gasteiger partial charge in [-0.15, -0.1) is 11.3 Å². The van der Waals surface area contributed by atoms with E-state index in [4.69, 9.17) is 4.74 Å². The first-order valence-electron chi connectivity index (χ1n) is 3.72. The van der Waals surface area contributed by atoms with Gasteiger partial charge in [-0.25, -0.2) is 4.98 Å². The second kappa shape index (κ2) is 4.21. The maximum Gasteiger partial charge on any atom is 0.302 e. The van der Waals surface area contributed by atoms with Gasteiger partial charge in [-0.1, -0.05) is 0 Å². The molecule has 1 heterocycles. The van der Waals surface area contributed by atoms with E-state index in [-0.39, 0.29) is 5.97 Å². The first-order chi connectivity index (χ1) is 5.70. The Kier molecular flexibility index (Phi) is 3.22. The van der Waals surface area contributed by atoms with E-state index >= 15 is 0 Å². The summed E-state index contributed by atoms with van der Waals surface area (Å²) in [5.41, 5.74) is 2.83. The largest absolute Gasteiger partial charge is 0.465 e. The minimum Gasteiger partial charge on any atom is -0.465 e. The van der Waals surface area contributed by atoms with Crippen molar-refractivity contribution in [3.63, 3.8) is 0 Å². The van der Waals surface area contributed by atoms with Gasteiger partial charge in [-0.2, -0.15) is 0 Å². The van der Waals surface area contributed by atoms with Crippen molar-refractivity contribution in [3.8, 4) is 0 Å². The number of carbonyl (C=O) groups is 1. The maximum atomic E-state index is 10.4. The third-order valence-corrected chi connectivity index (χ3v) is 2.29. The van der Waals surface area contributed by atoms with E-state index in [1.807, 2.05) is 6.92 Å². The molecule has 0 aliphatic rings. The minimum absolute atomic E-state index is 0.233. The number of hydrogen-bond acceptors (Lipinski definition) is 4. The number of aryl methyl sites for hydroxylation is 1. The summed E-state index contributed by atoms with van der Waals surface area (Å²) in [6, 6.07) is 0. The Balaban J connectivity index is 2.33. The van der Waals surface area contributed by atoms with Crippen LogP contribution in [0.4, 0.5) is 0 Å². The summed E-state index contributed by atoms with van der Waals surface area (Å²) in [4.78, 5) is 15.8. The Morgan fingerprint density at radius 2 is 2.50 bits per heavy atom. The molecule has 0 amide bonds. The lowest BCUT2D eigenvalue weighted by Gasteiger charge is -1.99. The van der Waals surface area contributed by atoms with Gasteiger partial charge in [0.1, 0.15) is 0 Å². The van der Waals surface area contributed by atoms with Crippen molar-refractivity contribution in [3.05, 3.63) is 16.1 Å². The zero-order valence-corrected chi connectivity index (χ0v) is 7.98. The quantitative estimate of drug-likeness (QED) is 0.671. The molecule has 0 bridgehead atoms. The molecule has 0 radical (unpaired) electrons. The fourth-order valence-corrected chi connectivity index (χ4v) is 1.49.